The normalized spacial score (nSPS) is 11.3. The van der Waals surface area contributed by atoms with Crippen molar-refractivity contribution in [3.05, 3.63) is 106 Å². The third kappa shape index (κ3) is 3.90. The van der Waals surface area contributed by atoms with E-state index in [0.29, 0.717) is 0 Å². The van der Waals surface area contributed by atoms with Gasteiger partial charge in [-0.25, -0.2) is 9.97 Å². The van der Waals surface area contributed by atoms with E-state index in [2.05, 4.69) is 105 Å². The zero-order valence-electron chi connectivity index (χ0n) is 17.3. The summed E-state index contributed by atoms with van der Waals surface area (Å²) in [6.07, 6.45) is 0. The second-order valence-corrected chi connectivity index (χ2v) is 10.7. The highest BCUT2D eigenvalue weighted by Gasteiger charge is 2.15. The molecule has 0 amide bonds. The minimum Gasteiger partial charge on any atom is -0.228 e. The van der Waals surface area contributed by atoms with Crippen molar-refractivity contribution < 1.29 is 0 Å². The van der Waals surface area contributed by atoms with Crippen molar-refractivity contribution in [2.24, 2.45) is 0 Å². The van der Waals surface area contributed by atoms with Crippen LogP contribution in [-0.2, 0) is 0 Å². The van der Waals surface area contributed by atoms with E-state index in [0.717, 1.165) is 42.8 Å². The fourth-order valence-corrected chi connectivity index (χ4v) is 6.62. The second-order valence-electron chi connectivity index (χ2n) is 7.77. The lowest BCUT2D eigenvalue weighted by molar-refractivity contribution is 1.18. The first-order valence-electron chi connectivity index (χ1n) is 10.5. The molecule has 0 aliphatic carbocycles. The van der Waals surface area contributed by atoms with E-state index >= 15 is 0 Å². The number of fused-ring (bicyclic) bond motifs is 3. The molecule has 0 N–H and O–H groups in total. The van der Waals surface area contributed by atoms with E-state index < -0.39 is 0 Å². The molecular weight excluding hydrogens is 556 g/mol. The summed E-state index contributed by atoms with van der Waals surface area (Å²) in [6, 6.07) is 33.5. The molecule has 0 atom stereocenters. The Morgan fingerprint density at radius 2 is 1.27 bits per heavy atom. The minimum atomic E-state index is 0.720. The molecule has 0 unspecified atom stereocenters. The first-order chi connectivity index (χ1) is 16.2. The molecule has 158 valence electrons. The molecule has 0 saturated heterocycles. The van der Waals surface area contributed by atoms with Crippen LogP contribution in [0.5, 0.6) is 0 Å². The molecule has 0 saturated carbocycles. The van der Waals surface area contributed by atoms with Gasteiger partial charge in [-0.1, -0.05) is 98.6 Å². The van der Waals surface area contributed by atoms with E-state index in [4.69, 9.17) is 9.97 Å². The van der Waals surface area contributed by atoms with Gasteiger partial charge in [-0.2, -0.15) is 0 Å². The lowest BCUT2D eigenvalue weighted by Crippen LogP contribution is -1.96. The first kappa shape index (κ1) is 20.7. The molecule has 0 fully saturated rings. The summed E-state index contributed by atoms with van der Waals surface area (Å²) in [7, 11) is 0. The highest BCUT2D eigenvalue weighted by Crippen LogP contribution is 2.40. The summed E-state index contributed by atoms with van der Waals surface area (Å²) in [5, 5.41) is 2.55. The zero-order chi connectivity index (χ0) is 22.4. The van der Waals surface area contributed by atoms with Crippen LogP contribution in [0, 0.1) is 0 Å². The number of thiophene rings is 1. The maximum Gasteiger partial charge on any atom is 0.160 e. The van der Waals surface area contributed by atoms with Crippen LogP contribution in [-0.4, -0.2) is 9.97 Å². The standard InChI is InChI=1S/C28H16Br2N2S/c29-19-13-18(14-20(30)15-19)24-16-25(32-28(31-24)17-7-2-1-3-8-17)23-11-6-10-22-21-9-4-5-12-26(21)33-27(22)23/h1-16H. The van der Waals surface area contributed by atoms with E-state index in [9.17, 15) is 0 Å². The van der Waals surface area contributed by atoms with Crippen LogP contribution in [0.2, 0.25) is 0 Å². The summed E-state index contributed by atoms with van der Waals surface area (Å²) < 4.78 is 4.53. The molecule has 6 rings (SSSR count). The molecule has 2 heterocycles. The highest BCUT2D eigenvalue weighted by molar-refractivity contribution is 9.11. The number of halogens is 2. The lowest BCUT2D eigenvalue weighted by atomic mass is 10.0. The van der Waals surface area contributed by atoms with Gasteiger partial charge in [0, 0.05) is 45.8 Å². The van der Waals surface area contributed by atoms with Gasteiger partial charge in [-0.3, -0.25) is 0 Å². The number of hydrogen-bond donors (Lipinski definition) is 0. The minimum absolute atomic E-state index is 0.720. The summed E-state index contributed by atoms with van der Waals surface area (Å²) in [4.78, 5) is 9.99. The Hall–Kier alpha value is -2.86. The topological polar surface area (TPSA) is 25.8 Å². The average Bonchev–Trinajstić information content (AvgIpc) is 3.23. The van der Waals surface area contributed by atoms with Gasteiger partial charge < -0.3 is 0 Å². The number of hydrogen-bond acceptors (Lipinski definition) is 3. The lowest BCUT2D eigenvalue weighted by Gasteiger charge is -2.11. The van der Waals surface area contributed by atoms with Gasteiger partial charge in [0.15, 0.2) is 5.82 Å². The first-order valence-corrected chi connectivity index (χ1v) is 12.9. The third-order valence-electron chi connectivity index (χ3n) is 5.60. The summed E-state index contributed by atoms with van der Waals surface area (Å²) in [6.45, 7) is 0. The molecular formula is C28H16Br2N2S. The van der Waals surface area contributed by atoms with E-state index in [1.807, 2.05) is 35.6 Å². The highest BCUT2D eigenvalue weighted by atomic mass is 79.9. The molecule has 0 radical (unpaired) electrons. The summed E-state index contributed by atoms with van der Waals surface area (Å²) in [5.41, 5.74) is 4.97. The Kier molecular flexibility index (Phi) is 5.33. The van der Waals surface area contributed by atoms with Crippen LogP contribution in [0.3, 0.4) is 0 Å². The Bertz CT molecular complexity index is 1620. The van der Waals surface area contributed by atoms with Gasteiger partial charge in [-0.05, 0) is 30.3 Å². The van der Waals surface area contributed by atoms with Crippen LogP contribution in [0.1, 0.15) is 0 Å². The van der Waals surface area contributed by atoms with Crippen molar-refractivity contribution in [2.75, 3.05) is 0 Å². The fourth-order valence-electron chi connectivity index (χ4n) is 4.10. The van der Waals surface area contributed by atoms with Crippen LogP contribution >= 0.6 is 43.2 Å². The number of nitrogens with zero attached hydrogens (tertiary/aromatic N) is 2. The van der Waals surface area contributed by atoms with Crippen molar-refractivity contribution in [1.82, 2.24) is 9.97 Å². The van der Waals surface area contributed by atoms with Crippen molar-refractivity contribution >= 4 is 63.4 Å². The number of aromatic nitrogens is 2. The predicted molar refractivity (Wildman–Crippen MR) is 147 cm³/mol. The van der Waals surface area contributed by atoms with Crippen molar-refractivity contribution in [1.29, 1.82) is 0 Å². The molecule has 0 spiro atoms. The van der Waals surface area contributed by atoms with Gasteiger partial charge in [0.1, 0.15) is 0 Å². The van der Waals surface area contributed by atoms with E-state index in [1.54, 1.807) is 0 Å². The van der Waals surface area contributed by atoms with Crippen LogP contribution in [0.4, 0.5) is 0 Å². The molecule has 33 heavy (non-hydrogen) atoms. The fraction of sp³-hybridized carbons (Fsp3) is 0. The second kappa shape index (κ2) is 8.49. The SMILES string of the molecule is Brc1cc(Br)cc(-c2cc(-c3cccc4c3sc3ccccc34)nc(-c3ccccc3)n2)c1. The van der Waals surface area contributed by atoms with Gasteiger partial charge in [0.25, 0.3) is 0 Å². The monoisotopic (exact) mass is 570 g/mol. The van der Waals surface area contributed by atoms with Crippen molar-refractivity contribution in [2.45, 2.75) is 0 Å². The van der Waals surface area contributed by atoms with Gasteiger partial charge >= 0.3 is 0 Å². The Labute approximate surface area is 212 Å². The molecule has 0 aliphatic heterocycles. The third-order valence-corrected chi connectivity index (χ3v) is 7.73. The van der Waals surface area contributed by atoms with Crippen molar-refractivity contribution in [3.63, 3.8) is 0 Å². The van der Waals surface area contributed by atoms with Crippen molar-refractivity contribution in [3.8, 4) is 33.9 Å². The molecule has 2 nitrogen and oxygen atoms in total. The van der Waals surface area contributed by atoms with E-state index in [1.165, 1.54) is 20.2 Å². The Morgan fingerprint density at radius 3 is 2.09 bits per heavy atom. The molecule has 5 heteroatoms. The van der Waals surface area contributed by atoms with Crippen LogP contribution in [0.25, 0.3) is 54.1 Å². The van der Waals surface area contributed by atoms with Gasteiger partial charge in [-0.15, -0.1) is 11.3 Å². The average molecular weight is 572 g/mol. The molecule has 6 aromatic rings. The number of rotatable bonds is 3. The number of benzene rings is 4. The quantitative estimate of drug-likeness (QED) is 0.211. The maximum atomic E-state index is 5.04. The maximum absolute atomic E-state index is 5.04. The van der Waals surface area contributed by atoms with E-state index in [-0.39, 0.29) is 0 Å². The summed E-state index contributed by atoms with van der Waals surface area (Å²) >= 11 is 9.05. The zero-order valence-corrected chi connectivity index (χ0v) is 21.3. The smallest absolute Gasteiger partial charge is 0.160 e. The van der Waals surface area contributed by atoms with Crippen LogP contribution in [0.15, 0.2) is 106 Å². The molecule has 0 aliphatic rings. The van der Waals surface area contributed by atoms with Gasteiger partial charge in [0.05, 0.1) is 11.4 Å². The predicted octanol–water partition coefficient (Wildman–Crippen LogP) is 9.37. The molecule has 4 aromatic carbocycles. The largest absolute Gasteiger partial charge is 0.228 e. The molecule has 0 bridgehead atoms. The van der Waals surface area contributed by atoms with Gasteiger partial charge in [0.2, 0.25) is 0 Å². The van der Waals surface area contributed by atoms with Crippen LogP contribution < -0.4 is 0 Å². The Balaban J connectivity index is 1.64. The molecule has 2 aromatic heterocycles. The Morgan fingerprint density at radius 1 is 0.576 bits per heavy atom. The summed E-state index contributed by atoms with van der Waals surface area (Å²) in [5.74, 6) is 0.720.